The molecule has 0 aliphatic carbocycles. The fourth-order valence-electron chi connectivity index (χ4n) is 3.04. The number of rotatable bonds is 1. The summed E-state index contributed by atoms with van der Waals surface area (Å²) in [5.41, 5.74) is 0.207. The Labute approximate surface area is 135 Å². The van der Waals surface area contributed by atoms with Crippen LogP contribution < -0.4 is 0 Å². The van der Waals surface area contributed by atoms with Gasteiger partial charge in [-0.1, -0.05) is 27.5 Å². The average molecular weight is 374 g/mol. The van der Waals surface area contributed by atoms with Gasteiger partial charge in [0, 0.05) is 16.1 Å². The molecule has 1 aromatic rings. The Hall–Kier alpha value is -0.910. The van der Waals surface area contributed by atoms with Gasteiger partial charge in [0.15, 0.2) is 11.4 Å². The number of benzene rings is 1. The lowest BCUT2D eigenvalue weighted by atomic mass is 9.83. The number of carbonyl (C=O) groups is 2. The summed E-state index contributed by atoms with van der Waals surface area (Å²) >= 11 is 9.60. The highest BCUT2D eigenvalue weighted by Gasteiger charge is 2.57. The second-order valence-electron chi connectivity index (χ2n) is 5.49. The van der Waals surface area contributed by atoms with Crippen LogP contribution in [0.3, 0.4) is 0 Å². The van der Waals surface area contributed by atoms with Gasteiger partial charge < -0.3 is 9.47 Å². The maximum Gasteiger partial charge on any atom is 0.322 e. The quantitative estimate of drug-likeness (QED) is 0.560. The van der Waals surface area contributed by atoms with Crippen molar-refractivity contribution < 1.29 is 19.1 Å². The van der Waals surface area contributed by atoms with E-state index >= 15 is 0 Å². The summed E-state index contributed by atoms with van der Waals surface area (Å²) in [6.45, 7) is 2.56. The molecule has 4 nitrogen and oxygen atoms in total. The molecule has 1 aromatic carbocycles. The molecule has 2 fully saturated rings. The predicted molar refractivity (Wildman–Crippen MR) is 80.5 cm³/mol. The van der Waals surface area contributed by atoms with E-state index in [0.29, 0.717) is 30.0 Å². The number of esters is 1. The Bertz CT molecular complexity index is 599. The van der Waals surface area contributed by atoms with Gasteiger partial charge in [-0.3, -0.25) is 9.59 Å². The Morgan fingerprint density at radius 1 is 1.38 bits per heavy atom. The van der Waals surface area contributed by atoms with Crippen molar-refractivity contribution in [2.75, 3.05) is 13.2 Å². The van der Waals surface area contributed by atoms with Crippen LogP contribution in [0.4, 0.5) is 0 Å². The van der Waals surface area contributed by atoms with Crippen molar-refractivity contribution in [3.05, 3.63) is 32.8 Å². The predicted octanol–water partition coefficient (Wildman–Crippen LogP) is 3.17. The van der Waals surface area contributed by atoms with E-state index in [9.17, 15) is 9.59 Å². The van der Waals surface area contributed by atoms with Crippen LogP contribution in [0.15, 0.2) is 16.6 Å². The number of carbonyl (C=O) groups excluding carboxylic acids is 2. The van der Waals surface area contributed by atoms with Gasteiger partial charge in [-0.05, 0) is 43.0 Å². The van der Waals surface area contributed by atoms with Gasteiger partial charge in [-0.2, -0.15) is 0 Å². The molecule has 0 aromatic heterocycles. The number of ether oxygens (including phenoxy) is 2. The van der Waals surface area contributed by atoms with Crippen LogP contribution >= 0.6 is 27.5 Å². The van der Waals surface area contributed by atoms with Crippen molar-refractivity contribution in [2.45, 2.75) is 31.3 Å². The second kappa shape index (κ2) is 5.38. The summed E-state index contributed by atoms with van der Waals surface area (Å²) in [5.74, 6) is -1.72. The molecular formula is C15H14BrClO4. The van der Waals surface area contributed by atoms with E-state index in [2.05, 4.69) is 15.9 Å². The summed E-state index contributed by atoms with van der Waals surface area (Å²) in [6, 6.07) is 3.52. The monoisotopic (exact) mass is 372 g/mol. The van der Waals surface area contributed by atoms with Crippen molar-refractivity contribution >= 4 is 39.3 Å². The molecule has 0 bridgehead atoms. The molecule has 0 saturated carbocycles. The fraction of sp³-hybridized carbons (Fsp3) is 0.467. The molecule has 3 rings (SSSR count). The molecule has 2 aliphatic rings. The van der Waals surface area contributed by atoms with Gasteiger partial charge in [0.2, 0.25) is 0 Å². The smallest absolute Gasteiger partial charge is 0.322 e. The lowest BCUT2D eigenvalue weighted by Gasteiger charge is -2.29. The third-order valence-electron chi connectivity index (χ3n) is 4.04. The molecule has 2 unspecified atom stereocenters. The van der Waals surface area contributed by atoms with Crippen molar-refractivity contribution in [3.8, 4) is 0 Å². The number of halogens is 2. The first-order valence-corrected chi connectivity index (χ1v) is 7.92. The Kier molecular flexibility index (Phi) is 3.84. The molecule has 2 atom stereocenters. The molecule has 2 aliphatic heterocycles. The molecule has 0 amide bonds. The molecule has 21 heavy (non-hydrogen) atoms. The van der Waals surface area contributed by atoms with Gasteiger partial charge in [0.25, 0.3) is 0 Å². The highest BCUT2D eigenvalue weighted by molar-refractivity contribution is 9.10. The number of hydrogen-bond acceptors (Lipinski definition) is 4. The van der Waals surface area contributed by atoms with E-state index in [1.54, 1.807) is 6.07 Å². The van der Waals surface area contributed by atoms with Crippen LogP contribution in [-0.4, -0.2) is 30.6 Å². The van der Waals surface area contributed by atoms with Crippen molar-refractivity contribution in [2.24, 2.45) is 0 Å². The lowest BCUT2D eigenvalue weighted by molar-refractivity contribution is -0.164. The first kappa shape index (κ1) is 15.0. The summed E-state index contributed by atoms with van der Waals surface area (Å²) in [6.07, 6.45) is 1.22. The second-order valence-corrected chi connectivity index (χ2v) is 6.81. The van der Waals surface area contributed by atoms with Crippen LogP contribution in [0, 0.1) is 6.92 Å². The third-order valence-corrected chi connectivity index (χ3v) is 4.81. The summed E-state index contributed by atoms with van der Waals surface area (Å²) in [7, 11) is 0. The van der Waals surface area contributed by atoms with E-state index in [-0.39, 0.29) is 12.4 Å². The number of aryl methyl sites for hydroxylation is 1. The number of hydrogen-bond donors (Lipinski definition) is 0. The topological polar surface area (TPSA) is 52.6 Å². The van der Waals surface area contributed by atoms with E-state index < -0.39 is 17.5 Å². The molecule has 2 saturated heterocycles. The van der Waals surface area contributed by atoms with E-state index in [1.807, 2.05) is 13.0 Å². The minimum atomic E-state index is -1.12. The number of Topliss-reactive ketones (excluding diaryl/α,β-unsaturated/α-hetero) is 1. The Balaban J connectivity index is 2.04. The summed E-state index contributed by atoms with van der Waals surface area (Å²) in [5, 5.41) is 0.394. The van der Waals surface area contributed by atoms with Gasteiger partial charge >= 0.3 is 5.97 Å². The molecular weight excluding hydrogens is 360 g/mol. The Morgan fingerprint density at radius 2 is 2.14 bits per heavy atom. The van der Waals surface area contributed by atoms with Crippen molar-refractivity contribution in [3.63, 3.8) is 0 Å². The Morgan fingerprint density at radius 3 is 2.76 bits per heavy atom. The van der Waals surface area contributed by atoms with Crippen LogP contribution in [0.5, 0.6) is 0 Å². The first-order chi connectivity index (χ1) is 9.94. The number of ketones is 1. The van der Waals surface area contributed by atoms with Crippen LogP contribution in [-0.2, 0) is 19.1 Å². The van der Waals surface area contributed by atoms with E-state index in [4.69, 9.17) is 21.1 Å². The first-order valence-electron chi connectivity index (χ1n) is 6.75. The van der Waals surface area contributed by atoms with Crippen LogP contribution in [0.2, 0.25) is 5.02 Å². The lowest BCUT2D eigenvalue weighted by Crippen LogP contribution is -2.45. The average Bonchev–Trinajstić information content (AvgIpc) is 2.63. The van der Waals surface area contributed by atoms with Crippen molar-refractivity contribution in [1.82, 2.24) is 0 Å². The largest absolute Gasteiger partial charge is 0.448 e. The SMILES string of the molecule is Cc1cc(Br)cc(Cl)c1C1C(=O)OC2(CCCOC2)C1=O. The van der Waals surface area contributed by atoms with Gasteiger partial charge in [-0.25, -0.2) is 0 Å². The molecule has 1 spiro atoms. The minimum Gasteiger partial charge on any atom is -0.448 e. The van der Waals surface area contributed by atoms with Gasteiger partial charge in [-0.15, -0.1) is 0 Å². The summed E-state index contributed by atoms with van der Waals surface area (Å²) < 4.78 is 11.6. The normalized spacial score (nSPS) is 29.0. The maximum absolute atomic E-state index is 12.8. The molecule has 112 valence electrons. The van der Waals surface area contributed by atoms with Gasteiger partial charge in [0.1, 0.15) is 5.92 Å². The minimum absolute atomic E-state index is 0.140. The molecule has 2 heterocycles. The van der Waals surface area contributed by atoms with Crippen molar-refractivity contribution in [1.29, 1.82) is 0 Å². The molecule has 0 radical (unpaired) electrons. The highest BCUT2D eigenvalue weighted by Crippen LogP contribution is 2.42. The zero-order valence-corrected chi connectivity index (χ0v) is 13.8. The maximum atomic E-state index is 12.8. The zero-order valence-electron chi connectivity index (χ0n) is 11.4. The third kappa shape index (κ3) is 2.41. The fourth-order valence-corrected chi connectivity index (χ4v) is 4.12. The zero-order chi connectivity index (χ0) is 15.2. The highest BCUT2D eigenvalue weighted by atomic mass is 79.9. The molecule has 0 N–H and O–H groups in total. The van der Waals surface area contributed by atoms with Crippen LogP contribution in [0.1, 0.15) is 29.9 Å². The standard InChI is InChI=1S/C15H14BrClO4/c1-8-5-9(16)6-10(17)11(8)12-13(18)15(21-14(12)19)3-2-4-20-7-15/h5-6,12H,2-4,7H2,1H3. The van der Waals surface area contributed by atoms with Gasteiger partial charge in [0.05, 0.1) is 6.61 Å². The summed E-state index contributed by atoms with van der Waals surface area (Å²) in [4.78, 5) is 25.1. The van der Waals surface area contributed by atoms with E-state index in [1.165, 1.54) is 0 Å². The van der Waals surface area contributed by atoms with Crippen LogP contribution in [0.25, 0.3) is 0 Å². The van der Waals surface area contributed by atoms with E-state index in [0.717, 1.165) is 10.0 Å². The molecule has 6 heteroatoms.